The third kappa shape index (κ3) is 4.01. The molecule has 0 radical (unpaired) electrons. The number of hydrogen-bond acceptors (Lipinski definition) is 4. The van der Waals surface area contributed by atoms with E-state index in [4.69, 9.17) is 4.98 Å². The van der Waals surface area contributed by atoms with Crippen molar-refractivity contribution in [2.45, 2.75) is 12.1 Å². The van der Waals surface area contributed by atoms with Gasteiger partial charge in [-0.25, -0.2) is 9.37 Å². The summed E-state index contributed by atoms with van der Waals surface area (Å²) in [6, 6.07) is 20.7. The van der Waals surface area contributed by atoms with Gasteiger partial charge in [0.05, 0.1) is 11.4 Å². The number of aromatic nitrogens is 3. The maximum atomic E-state index is 13.6. The SMILES string of the molecule is Cc1ccccc1-n1c(SCC(=O)Nc2ccc(F)cc2)nc2c([nH]c3ccccc32)c1=O. The second-order valence-electron chi connectivity index (χ2n) is 7.56. The number of amides is 1. The van der Waals surface area contributed by atoms with Gasteiger partial charge < -0.3 is 10.3 Å². The average Bonchev–Trinajstić information content (AvgIpc) is 3.19. The Kier molecular flexibility index (Phi) is 5.43. The van der Waals surface area contributed by atoms with E-state index >= 15 is 0 Å². The Balaban J connectivity index is 1.57. The van der Waals surface area contributed by atoms with Crippen molar-refractivity contribution in [3.05, 3.63) is 94.5 Å². The van der Waals surface area contributed by atoms with E-state index in [1.165, 1.54) is 36.0 Å². The molecule has 0 spiro atoms. The van der Waals surface area contributed by atoms with Crippen LogP contribution in [0, 0.1) is 12.7 Å². The van der Waals surface area contributed by atoms with Gasteiger partial charge >= 0.3 is 0 Å². The van der Waals surface area contributed by atoms with Gasteiger partial charge in [-0.3, -0.25) is 14.2 Å². The summed E-state index contributed by atoms with van der Waals surface area (Å²) in [6.45, 7) is 1.92. The van der Waals surface area contributed by atoms with Crippen LogP contribution in [0.1, 0.15) is 5.56 Å². The van der Waals surface area contributed by atoms with Crippen LogP contribution in [0.2, 0.25) is 0 Å². The molecule has 3 aromatic carbocycles. The minimum atomic E-state index is -0.374. The molecule has 0 aliphatic rings. The van der Waals surface area contributed by atoms with E-state index in [0.717, 1.165) is 16.5 Å². The van der Waals surface area contributed by atoms with Crippen LogP contribution in [0.5, 0.6) is 0 Å². The van der Waals surface area contributed by atoms with Crippen molar-refractivity contribution in [2.24, 2.45) is 0 Å². The number of carbonyl (C=O) groups is 1. The number of fused-ring (bicyclic) bond motifs is 3. The molecule has 1 amide bonds. The Labute approximate surface area is 192 Å². The second-order valence-corrected chi connectivity index (χ2v) is 8.50. The summed E-state index contributed by atoms with van der Waals surface area (Å²) in [4.78, 5) is 34.1. The molecule has 164 valence electrons. The third-order valence-electron chi connectivity index (χ3n) is 5.31. The number of carbonyl (C=O) groups excluding carboxylic acids is 1. The van der Waals surface area contributed by atoms with Crippen molar-refractivity contribution in [1.29, 1.82) is 0 Å². The zero-order valence-electron chi connectivity index (χ0n) is 17.6. The summed E-state index contributed by atoms with van der Waals surface area (Å²) in [5.41, 5.74) is 3.70. The number of anilines is 1. The van der Waals surface area contributed by atoms with Crippen molar-refractivity contribution < 1.29 is 9.18 Å². The molecule has 5 aromatic rings. The van der Waals surface area contributed by atoms with E-state index in [9.17, 15) is 14.0 Å². The molecule has 0 fully saturated rings. The number of hydrogen-bond donors (Lipinski definition) is 2. The molecule has 0 atom stereocenters. The first-order valence-electron chi connectivity index (χ1n) is 10.3. The van der Waals surface area contributed by atoms with E-state index < -0.39 is 0 Å². The lowest BCUT2D eigenvalue weighted by Crippen LogP contribution is -2.23. The molecule has 33 heavy (non-hydrogen) atoms. The standard InChI is InChI=1S/C25H19FN4O2S/c1-15-6-2-5-9-20(15)30-24(32)23-22(18-7-3-4-8-19(18)28-23)29-25(30)33-14-21(31)27-17-12-10-16(26)11-13-17/h2-13,28H,14H2,1H3,(H,27,31). The highest BCUT2D eigenvalue weighted by Gasteiger charge is 2.19. The Hall–Kier alpha value is -3.91. The lowest BCUT2D eigenvalue weighted by molar-refractivity contribution is -0.113. The number of thioether (sulfide) groups is 1. The number of nitrogens with one attached hydrogen (secondary N) is 2. The number of para-hydroxylation sites is 2. The predicted octanol–water partition coefficient (Wildman–Crippen LogP) is 5.05. The number of nitrogens with zero attached hydrogens (tertiary/aromatic N) is 2. The van der Waals surface area contributed by atoms with Crippen LogP contribution in [0.25, 0.3) is 27.6 Å². The van der Waals surface area contributed by atoms with Crippen LogP contribution in [0.3, 0.4) is 0 Å². The van der Waals surface area contributed by atoms with Gasteiger partial charge in [-0.05, 0) is 48.9 Å². The molecule has 0 aliphatic heterocycles. The van der Waals surface area contributed by atoms with Crippen LogP contribution < -0.4 is 10.9 Å². The summed E-state index contributed by atoms with van der Waals surface area (Å²) in [7, 11) is 0. The smallest absolute Gasteiger partial charge is 0.283 e. The number of aryl methyl sites for hydroxylation is 1. The quantitative estimate of drug-likeness (QED) is 0.286. The fourth-order valence-electron chi connectivity index (χ4n) is 3.73. The zero-order chi connectivity index (χ0) is 22.9. The highest BCUT2D eigenvalue weighted by molar-refractivity contribution is 7.99. The summed E-state index contributed by atoms with van der Waals surface area (Å²) in [5, 5.41) is 4.00. The zero-order valence-corrected chi connectivity index (χ0v) is 18.4. The Bertz CT molecular complexity index is 1560. The van der Waals surface area contributed by atoms with Crippen LogP contribution in [0.4, 0.5) is 10.1 Å². The maximum Gasteiger partial charge on any atom is 0.283 e. The van der Waals surface area contributed by atoms with Crippen LogP contribution >= 0.6 is 11.8 Å². The van der Waals surface area contributed by atoms with E-state index in [2.05, 4.69) is 10.3 Å². The van der Waals surface area contributed by atoms with E-state index in [1.54, 1.807) is 4.57 Å². The molecular weight excluding hydrogens is 439 g/mol. The number of aromatic amines is 1. The normalized spacial score (nSPS) is 11.2. The van der Waals surface area contributed by atoms with Gasteiger partial charge in [0.2, 0.25) is 5.91 Å². The largest absolute Gasteiger partial charge is 0.349 e. The van der Waals surface area contributed by atoms with E-state index in [-0.39, 0.29) is 23.0 Å². The van der Waals surface area contributed by atoms with Crippen molar-refractivity contribution in [3.63, 3.8) is 0 Å². The molecule has 0 saturated carbocycles. The first kappa shape index (κ1) is 21.0. The van der Waals surface area contributed by atoms with Crippen molar-refractivity contribution in [3.8, 4) is 5.69 Å². The molecule has 6 nitrogen and oxygen atoms in total. The van der Waals surface area contributed by atoms with E-state index in [0.29, 0.717) is 27.6 Å². The first-order chi connectivity index (χ1) is 16.0. The van der Waals surface area contributed by atoms with Gasteiger partial charge in [0.1, 0.15) is 16.9 Å². The fourth-order valence-corrected chi connectivity index (χ4v) is 4.52. The maximum absolute atomic E-state index is 13.6. The van der Waals surface area contributed by atoms with Gasteiger partial charge in [0.25, 0.3) is 5.56 Å². The number of rotatable bonds is 5. The second kappa shape index (κ2) is 8.55. The number of halogens is 1. The van der Waals surface area contributed by atoms with Crippen molar-refractivity contribution >= 4 is 45.3 Å². The highest BCUT2D eigenvalue weighted by Crippen LogP contribution is 2.27. The Morgan fingerprint density at radius 3 is 2.58 bits per heavy atom. The molecular formula is C25H19FN4O2S. The number of benzene rings is 3. The van der Waals surface area contributed by atoms with Crippen molar-refractivity contribution in [2.75, 3.05) is 11.1 Å². The predicted molar refractivity (Wildman–Crippen MR) is 130 cm³/mol. The minimum Gasteiger partial charge on any atom is -0.349 e. The first-order valence-corrected chi connectivity index (χ1v) is 11.3. The number of H-pyrrole nitrogens is 1. The lowest BCUT2D eigenvalue weighted by atomic mass is 10.2. The van der Waals surface area contributed by atoms with Crippen molar-refractivity contribution in [1.82, 2.24) is 14.5 Å². The van der Waals surface area contributed by atoms with Gasteiger partial charge in [0, 0.05) is 16.6 Å². The van der Waals surface area contributed by atoms with Gasteiger partial charge in [0.15, 0.2) is 5.16 Å². The molecule has 8 heteroatoms. The summed E-state index contributed by atoms with van der Waals surface area (Å²) in [5.74, 6) is -0.624. The molecule has 0 saturated heterocycles. The van der Waals surface area contributed by atoms with Gasteiger partial charge in [-0.1, -0.05) is 48.2 Å². The molecule has 0 bridgehead atoms. The summed E-state index contributed by atoms with van der Waals surface area (Å²) in [6.07, 6.45) is 0. The van der Waals surface area contributed by atoms with Gasteiger partial charge in [-0.15, -0.1) is 0 Å². The lowest BCUT2D eigenvalue weighted by Gasteiger charge is -2.14. The molecule has 0 aliphatic carbocycles. The third-order valence-corrected chi connectivity index (χ3v) is 6.25. The van der Waals surface area contributed by atoms with Crippen LogP contribution in [0.15, 0.2) is 82.7 Å². The summed E-state index contributed by atoms with van der Waals surface area (Å²) < 4.78 is 14.7. The fraction of sp³-hybridized carbons (Fsp3) is 0.0800. The molecule has 5 rings (SSSR count). The highest BCUT2D eigenvalue weighted by atomic mass is 32.2. The molecule has 2 heterocycles. The van der Waals surface area contributed by atoms with Gasteiger partial charge in [-0.2, -0.15) is 0 Å². The monoisotopic (exact) mass is 458 g/mol. The average molecular weight is 459 g/mol. The summed E-state index contributed by atoms with van der Waals surface area (Å²) >= 11 is 1.17. The molecule has 2 aromatic heterocycles. The minimum absolute atomic E-state index is 0.0313. The van der Waals surface area contributed by atoms with Crippen LogP contribution in [-0.4, -0.2) is 26.2 Å². The topological polar surface area (TPSA) is 79.8 Å². The molecule has 0 unspecified atom stereocenters. The Morgan fingerprint density at radius 1 is 1.06 bits per heavy atom. The Morgan fingerprint density at radius 2 is 1.79 bits per heavy atom. The molecule has 2 N–H and O–H groups in total. The van der Waals surface area contributed by atoms with E-state index in [1.807, 2.05) is 55.5 Å². The van der Waals surface area contributed by atoms with Crippen LogP contribution in [-0.2, 0) is 4.79 Å².